The number of nitrogens with zero attached hydrogens (tertiary/aromatic N) is 1. The quantitative estimate of drug-likeness (QED) is 0.819. The normalized spacial score (nSPS) is 13.3. The summed E-state index contributed by atoms with van der Waals surface area (Å²) in [6, 6.07) is 9.35. The number of nitrogens with one attached hydrogen (secondary N) is 1. The van der Waals surface area contributed by atoms with Crippen LogP contribution in [0.4, 0.5) is 0 Å². The molecule has 1 aromatic carbocycles. The van der Waals surface area contributed by atoms with Gasteiger partial charge in [0.2, 0.25) is 11.8 Å². The van der Waals surface area contributed by atoms with Gasteiger partial charge < -0.3 is 14.8 Å². The molecule has 1 aromatic heterocycles. The number of aliphatic carboxylic acids is 1. The second-order valence-electron chi connectivity index (χ2n) is 5.62. The number of rotatable bonds is 7. The lowest BCUT2D eigenvalue weighted by Gasteiger charge is -2.25. The Kier molecular flexibility index (Phi) is 5.16. The maximum Gasteiger partial charge on any atom is 0.329 e. The molecule has 1 unspecified atom stereocenters. The average Bonchev–Trinajstić information content (AvgIpc) is 2.96. The van der Waals surface area contributed by atoms with Crippen molar-refractivity contribution in [1.82, 2.24) is 10.3 Å². The lowest BCUT2D eigenvalue weighted by Crippen LogP contribution is -2.52. The van der Waals surface area contributed by atoms with Crippen molar-refractivity contribution in [2.45, 2.75) is 38.6 Å². The Morgan fingerprint density at radius 3 is 2.61 bits per heavy atom. The minimum atomic E-state index is -1.27. The zero-order valence-corrected chi connectivity index (χ0v) is 13.2. The Balaban J connectivity index is 2.04. The first-order valence-electron chi connectivity index (χ1n) is 7.49. The van der Waals surface area contributed by atoms with E-state index in [1.54, 1.807) is 0 Å². The summed E-state index contributed by atoms with van der Waals surface area (Å²) in [5.41, 5.74) is 0.0174. The van der Waals surface area contributed by atoms with Gasteiger partial charge in [0.05, 0.1) is 12.1 Å². The van der Waals surface area contributed by atoms with Gasteiger partial charge in [-0.05, 0) is 25.5 Å². The highest BCUT2D eigenvalue weighted by Gasteiger charge is 2.33. The van der Waals surface area contributed by atoms with Gasteiger partial charge in [0.1, 0.15) is 11.8 Å². The van der Waals surface area contributed by atoms with E-state index >= 15 is 0 Å². The minimum absolute atomic E-state index is 0.0249. The van der Waals surface area contributed by atoms with Gasteiger partial charge in [0.25, 0.3) is 0 Å². The fourth-order valence-corrected chi connectivity index (χ4v) is 2.34. The van der Waals surface area contributed by atoms with Crippen LogP contribution < -0.4 is 5.32 Å². The van der Waals surface area contributed by atoms with Crippen LogP contribution in [0.15, 0.2) is 41.0 Å². The van der Waals surface area contributed by atoms with E-state index in [1.807, 2.05) is 37.3 Å². The molecule has 23 heavy (non-hydrogen) atoms. The molecule has 0 aliphatic heterocycles. The van der Waals surface area contributed by atoms with Crippen molar-refractivity contribution in [3.05, 3.63) is 42.3 Å². The Morgan fingerprint density at radius 1 is 1.30 bits per heavy atom. The van der Waals surface area contributed by atoms with E-state index in [4.69, 9.17) is 4.42 Å². The van der Waals surface area contributed by atoms with E-state index in [0.717, 1.165) is 5.56 Å². The minimum Gasteiger partial charge on any atom is -0.480 e. The van der Waals surface area contributed by atoms with Crippen molar-refractivity contribution in [3.8, 4) is 11.5 Å². The number of carboxylic acids is 1. The predicted molar refractivity (Wildman–Crippen MR) is 84.7 cm³/mol. The van der Waals surface area contributed by atoms with E-state index in [-0.39, 0.29) is 6.42 Å². The highest BCUT2D eigenvalue weighted by molar-refractivity contribution is 5.87. The molecule has 0 aliphatic carbocycles. The lowest BCUT2D eigenvalue weighted by atomic mass is 9.96. The summed E-state index contributed by atoms with van der Waals surface area (Å²) in [4.78, 5) is 27.7. The van der Waals surface area contributed by atoms with Crippen molar-refractivity contribution >= 4 is 11.9 Å². The first-order chi connectivity index (χ1) is 10.9. The molecule has 2 rings (SSSR count). The average molecular weight is 316 g/mol. The molecule has 1 heterocycles. The SMILES string of the molecule is CCCC(C)(NC(=O)Cc1coc(-c2ccccc2)n1)C(=O)O. The molecule has 0 bridgehead atoms. The van der Waals surface area contributed by atoms with E-state index in [9.17, 15) is 14.7 Å². The molecule has 122 valence electrons. The summed E-state index contributed by atoms with van der Waals surface area (Å²) < 4.78 is 5.37. The molecule has 1 atom stereocenters. The molecular formula is C17H20N2O4. The molecule has 1 amide bonds. The third-order valence-electron chi connectivity index (χ3n) is 3.55. The standard InChI is InChI=1S/C17H20N2O4/c1-3-9-17(2,16(21)22)19-14(20)10-13-11-23-15(18-13)12-7-5-4-6-8-12/h4-8,11H,3,9-10H2,1-2H3,(H,19,20)(H,21,22). The molecule has 2 aromatic rings. The number of benzene rings is 1. The lowest BCUT2D eigenvalue weighted by molar-refractivity contribution is -0.147. The number of hydrogen-bond donors (Lipinski definition) is 2. The van der Waals surface area contributed by atoms with Crippen LogP contribution in [0.25, 0.3) is 11.5 Å². The van der Waals surface area contributed by atoms with E-state index in [1.165, 1.54) is 13.2 Å². The Hall–Kier alpha value is -2.63. The Bertz CT molecular complexity index is 681. The van der Waals surface area contributed by atoms with E-state index < -0.39 is 17.4 Å². The summed E-state index contributed by atoms with van der Waals surface area (Å²) >= 11 is 0. The van der Waals surface area contributed by atoms with Crippen molar-refractivity contribution < 1.29 is 19.1 Å². The van der Waals surface area contributed by atoms with Crippen molar-refractivity contribution in [2.24, 2.45) is 0 Å². The monoisotopic (exact) mass is 316 g/mol. The maximum atomic E-state index is 12.1. The van der Waals surface area contributed by atoms with Crippen LogP contribution >= 0.6 is 0 Å². The van der Waals surface area contributed by atoms with Crippen molar-refractivity contribution in [1.29, 1.82) is 0 Å². The van der Waals surface area contributed by atoms with E-state index in [2.05, 4.69) is 10.3 Å². The summed E-state index contributed by atoms with van der Waals surface area (Å²) in [7, 11) is 0. The van der Waals surface area contributed by atoms with Gasteiger partial charge in [-0.15, -0.1) is 0 Å². The third kappa shape index (κ3) is 4.18. The Morgan fingerprint density at radius 2 is 2.00 bits per heavy atom. The number of hydrogen-bond acceptors (Lipinski definition) is 4. The third-order valence-corrected chi connectivity index (χ3v) is 3.55. The summed E-state index contributed by atoms with van der Waals surface area (Å²) in [6.07, 6.45) is 2.41. The molecule has 0 spiro atoms. The van der Waals surface area contributed by atoms with Gasteiger partial charge in [0.15, 0.2) is 0 Å². The second-order valence-corrected chi connectivity index (χ2v) is 5.62. The van der Waals surface area contributed by atoms with E-state index in [0.29, 0.717) is 24.4 Å². The molecule has 0 saturated heterocycles. The zero-order chi connectivity index (χ0) is 16.9. The van der Waals surface area contributed by atoms with Crippen LogP contribution in [0.5, 0.6) is 0 Å². The predicted octanol–water partition coefficient (Wildman–Crippen LogP) is 2.64. The number of carbonyl (C=O) groups is 2. The fourth-order valence-electron chi connectivity index (χ4n) is 2.34. The number of aromatic nitrogens is 1. The summed E-state index contributed by atoms with van der Waals surface area (Å²) in [5.74, 6) is -1.00. The van der Waals surface area contributed by atoms with Crippen LogP contribution in [0, 0.1) is 0 Å². The second kappa shape index (κ2) is 7.09. The van der Waals surface area contributed by atoms with Gasteiger partial charge in [0, 0.05) is 5.56 Å². The van der Waals surface area contributed by atoms with Crippen LogP contribution in [-0.4, -0.2) is 27.5 Å². The highest BCUT2D eigenvalue weighted by Crippen LogP contribution is 2.18. The van der Waals surface area contributed by atoms with Crippen molar-refractivity contribution in [2.75, 3.05) is 0 Å². The van der Waals surface area contributed by atoms with Gasteiger partial charge in [-0.1, -0.05) is 31.5 Å². The van der Waals surface area contributed by atoms with Gasteiger partial charge in [-0.25, -0.2) is 9.78 Å². The number of carboxylic acid groups (broad SMARTS) is 1. The van der Waals surface area contributed by atoms with Crippen LogP contribution in [0.1, 0.15) is 32.4 Å². The molecule has 0 saturated carbocycles. The van der Waals surface area contributed by atoms with Gasteiger partial charge >= 0.3 is 5.97 Å². The molecule has 6 heteroatoms. The maximum absolute atomic E-state index is 12.1. The Labute approximate surface area is 134 Å². The topological polar surface area (TPSA) is 92.4 Å². The fraction of sp³-hybridized carbons (Fsp3) is 0.353. The van der Waals surface area contributed by atoms with Gasteiger partial charge in [-0.3, -0.25) is 4.79 Å². The number of oxazole rings is 1. The molecule has 2 N–H and O–H groups in total. The largest absolute Gasteiger partial charge is 0.480 e. The molecule has 6 nitrogen and oxygen atoms in total. The molecule has 0 fully saturated rings. The smallest absolute Gasteiger partial charge is 0.329 e. The highest BCUT2D eigenvalue weighted by atomic mass is 16.4. The molecular weight excluding hydrogens is 296 g/mol. The zero-order valence-electron chi connectivity index (χ0n) is 13.2. The number of amides is 1. The van der Waals surface area contributed by atoms with Crippen LogP contribution in [-0.2, 0) is 16.0 Å². The summed E-state index contributed by atoms with van der Waals surface area (Å²) in [5, 5.41) is 11.9. The van der Waals surface area contributed by atoms with Gasteiger partial charge in [-0.2, -0.15) is 0 Å². The van der Waals surface area contributed by atoms with Crippen molar-refractivity contribution in [3.63, 3.8) is 0 Å². The first kappa shape index (κ1) is 16.7. The van der Waals surface area contributed by atoms with Crippen LogP contribution in [0.2, 0.25) is 0 Å². The first-order valence-corrected chi connectivity index (χ1v) is 7.49. The van der Waals surface area contributed by atoms with Crippen LogP contribution in [0.3, 0.4) is 0 Å². The molecule has 0 aliphatic rings. The summed E-state index contributed by atoms with van der Waals surface area (Å²) in [6.45, 7) is 3.38. The molecule has 0 radical (unpaired) electrons. The number of carbonyl (C=O) groups excluding carboxylic acids is 1.